The fourth-order valence-electron chi connectivity index (χ4n) is 1.80. The molecule has 0 atom stereocenters. The summed E-state index contributed by atoms with van der Waals surface area (Å²) in [4.78, 5) is 4.38. The predicted octanol–water partition coefficient (Wildman–Crippen LogP) is 3.20. The molecule has 0 amide bonds. The quantitative estimate of drug-likeness (QED) is 0.830. The SMILES string of the molecule is CCc1ccc(-c2ncc(N)cc2C)cc1. The normalized spacial score (nSPS) is 10.4. The Morgan fingerprint density at radius 3 is 2.44 bits per heavy atom. The molecule has 0 unspecified atom stereocenters. The minimum atomic E-state index is 0.714. The second-order valence-electron chi connectivity index (χ2n) is 3.98. The van der Waals surface area contributed by atoms with Crippen LogP contribution in [0.1, 0.15) is 18.1 Å². The predicted molar refractivity (Wildman–Crippen MR) is 68.2 cm³/mol. The van der Waals surface area contributed by atoms with Gasteiger partial charge in [-0.1, -0.05) is 31.2 Å². The van der Waals surface area contributed by atoms with Crippen LogP contribution in [-0.4, -0.2) is 4.98 Å². The van der Waals surface area contributed by atoms with Crippen molar-refractivity contribution in [2.45, 2.75) is 20.3 Å². The molecule has 2 aromatic rings. The molecular formula is C14H16N2. The summed E-state index contributed by atoms with van der Waals surface area (Å²) in [6.07, 6.45) is 2.77. The molecule has 0 aliphatic heterocycles. The van der Waals surface area contributed by atoms with Crippen LogP contribution >= 0.6 is 0 Å². The monoisotopic (exact) mass is 212 g/mol. The fourth-order valence-corrected chi connectivity index (χ4v) is 1.80. The van der Waals surface area contributed by atoms with E-state index in [1.165, 1.54) is 5.56 Å². The summed E-state index contributed by atoms with van der Waals surface area (Å²) in [5, 5.41) is 0. The third kappa shape index (κ3) is 2.06. The van der Waals surface area contributed by atoms with Crippen molar-refractivity contribution < 1.29 is 0 Å². The third-order valence-electron chi connectivity index (χ3n) is 2.74. The van der Waals surface area contributed by atoms with Crippen molar-refractivity contribution in [2.75, 3.05) is 5.73 Å². The minimum absolute atomic E-state index is 0.714. The molecular weight excluding hydrogens is 196 g/mol. The summed E-state index contributed by atoms with van der Waals surface area (Å²) in [7, 11) is 0. The van der Waals surface area contributed by atoms with Gasteiger partial charge in [0, 0.05) is 5.56 Å². The molecule has 0 aliphatic rings. The second-order valence-corrected chi connectivity index (χ2v) is 3.98. The molecule has 0 saturated carbocycles. The first-order chi connectivity index (χ1) is 7.70. The van der Waals surface area contributed by atoms with Gasteiger partial charge in [0.15, 0.2) is 0 Å². The number of benzene rings is 1. The van der Waals surface area contributed by atoms with Gasteiger partial charge in [0.1, 0.15) is 0 Å². The van der Waals surface area contributed by atoms with Gasteiger partial charge in [-0.3, -0.25) is 4.98 Å². The van der Waals surface area contributed by atoms with Crippen molar-refractivity contribution in [3.05, 3.63) is 47.7 Å². The van der Waals surface area contributed by atoms with E-state index in [0.29, 0.717) is 5.69 Å². The smallest absolute Gasteiger partial charge is 0.0732 e. The van der Waals surface area contributed by atoms with E-state index in [1.807, 2.05) is 13.0 Å². The Balaban J connectivity index is 2.42. The van der Waals surface area contributed by atoms with Crippen LogP contribution in [0.15, 0.2) is 36.5 Å². The number of nitrogens with two attached hydrogens (primary N) is 1. The van der Waals surface area contributed by atoms with Gasteiger partial charge in [-0.2, -0.15) is 0 Å². The number of nitrogens with zero attached hydrogens (tertiary/aromatic N) is 1. The van der Waals surface area contributed by atoms with Gasteiger partial charge in [0.05, 0.1) is 17.6 Å². The maximum absolute atomic E-state index is 5.69. The van der Waals surface area contributed by atoms with Gasteiger partial charge in [0.2, 0.25) is 0 Å². The van der Waals surface area contributed by atoms with Crippen LogP contribution < -0.4 is 5.73 Å². The number of hydrogen-bond acceptors (Lipinski definition) is 2. The molecule has 0 bridgehead atoms. The van der Waals surface area contributed by atoms with Gasteiger partial charge < -0.3 is 5.73 Å². The van der Waals surface area contributed by atoms with E-state index in [-0.39, 0.29) is 0 Å². The van der Waals surface area contributed by atoms with Crippen molar-refractivity contribution in [2.24, 2.45) is 0 Å². The van der Waals surface area contributed by atoms with Gasteiger partial charge in [0.25, 0.3) is 0 Å². The molecule has 0 saturated heterocycles. The van der Waals surface area contributed by atoms with Crippen LogP contribution in [-0.2, 0) is 6.42 Å². The van der Waals surface area contributed by atoms with Crippen molar-refractivity contribution in [1.29, 1.82) is 0 Å². The number of aromatic nitrogens is 1. The maximum Gasteiger partial charge on any atom is 0.0732 e. The Morgan fingerprint density at radius 2 is 1.88 bits per heavy atom. The Hall–Kier alpha value is -1.83. The number of nitrogen functional groups attached to an aromatic ring is 1. The molecule has 2 heteroatoms. The van der Waals surface area contributed by atoms with Crippen molar-refractivity contribution in [1.82, 2.24) is 4.98 Å². The molecule has 1 heterocycles. The van der Waals surface area contributed by atoms with Crippen LogP contribution in [0, 0.1) is 6.92 Å². The standard InChI is InChI=1S/C14H16N2/c1-3-11-4-6-12(7-5-11)14-10(2)8-13(15)9-16-14/h4-9H,3,15H2,1-2H3. The molecule has 1 aromatic heterocycles. The Morgan fingerprint density at radius 1 is 1.19 bits per heavy atom. The lowest BCUT2D eigenvalue weighted by Crippen LogP contribution is -1.92. The van der Waals surface area contributed by atoms with E-state index in [4.69, 9.17) is 5.73 Å². The molecule has 2 N–H and O–H groups in total. The van der Waals surface area contributed by atoms with Crippen molar-refractivity contribution in [3.63, 3.8) is 0 Å². The van der Waals surface area contributed by atoms with Crippen molar-refractivity contribution in [3.8, 4) is 11.3 Å². The van der Waals surface area contributed by atoms with Crippen LogP contribution in [0.25, 0.3) is 11.3 Å². The first-order valence-electron chi connectivity index (χ1n) is 5.52. The number of rotatable bonds is 2. The van der Waals surface area contributed by atoms with E-state index in [2.05, 4.69) is 36.2 Å². The zero-order valence-corrected chi connectivity index (χ0v) is 9.70. The lowest BCUT2D eigenvalue weighted by atomic mass is 10.0. The Bertz CT molecular complexity index is 487. The molecule has 2 nitrogen and oxygen atoms in total. The molecule has 2 rings (SSSR count). The molecule has 1 aromatic carbocycles. The lowest BCUT2D eigenvalue weighted by molar-refractivity contribution is 1.14. The van der Waals surface area contributed by atoms with Crippen LogP contribution in [0.4, 0.5) is 5.69 Å². The number of hydrogen-bond donors (Lipinski definition) is 1. The summed E-state index contributed by atoms with van der Waals surface area (Å²) >= 11 is 0. The summed E-state index contributed by atoms with van der Waals surface area (Å²) in [5.41, 5.74) is 11.0. The highest BCUT2D eigenvalue weighted by atomic mass is 14.7. The van der Waals surface area contributed by atoms with E-state index in [9.17, 15) is 0 Å². The van der Waals surface area contributed by atoms with E-state index in [0.717, 1.165) is 23.2 Å². The van der Waals surface area contributed by atoms with E-state index in [1.54, 1.807) is 6.20 Å². The first kappa shape index (κ1) is 10.7. The highest BCUT2D eigenvalue weighted by Gasteiger charge is 2.03. The third-order valence-corrected chi connectivity index (χ3v) is 2.74. The van der Waals surface area contributed by atoms with Gasteiger partial charge >= 0.3 is 0 Å². The Kier molecular flexibility index (Phi) is 2.91. The topological polar surface area (TPSA) is 38.9 Å². The van der Waals surface area contributed by atoms with Crippen LogP contribution in [0.3, 0.4) is 0 Å². The van der Waals surface area contributed by atoms with Gasteiger partial charge in [-0.25, -0.2) is 0 Å². The summed E-state index contributed by atoms with van der Waals surface area (Å²) in [6, 6.07) is 10.5. The maximum atomic E-state index is 5.69. The lowest BCUT2D eigenvalue weighted by Gasteiger charge is -2.06. The van der Waals surface area contributed by atoms with Crippen molar-refractivity contribution >= 4 is 5.69 Å². The molecule has 0 spiro atoms. The second kappa shape index (κ2) is 4.35. The summed E-state index contributed by atoms with van der Waals surface area (Å²) in [6.45, 7) is 4.19. The Labute approximate surface area is 96.1 Å². The fraction of sp³-hybridized carbons (Fsp3) is 0.214. The highest BCUT2D eigenvalue weighted by Crippen LogP contribution is 2.22. The summed E-state index contributed by atoms with van der Waals surface area (Å²) < 4.78 is 0. The zero-order valence-electron chi connectivity index (χ0n) is 9.70. The van der Waals surface area contributed by atoms with E-state index < -0.39 is 0 Å². The molecule has 0 aliphatic carbocycles. The van der Waals surface area contributed by atoms with Gasteiger partial charge in [-0.05, 0) is 30.5 Å². The molecule has 0 radical (unpaired) electrons. The van der Waals surface area contributed by atoms with Gasteiger partial charge in [-0.15, -0.1) is 0 Å². The highest BCUT2D eigenvalue weighted by molar-refractivity contribution is 5.64. The molecule has 82 valence electrons. The first-order valence-corrected chi connectivity index (χ1v) is 5.52. The largest absolute Gasteiger partial charge is 0.397 e. The molecule has 0 fully saturated rings. The average Bonchev–Trinajstić information content (AvgIpc) is 2.29. The average molecular weight is 212 g/mol. The van der Waals surface area contributed by atoms with Crippen LogP contribution in [0.5, 0.6) is 0 Å². The van der Waals surface area contributed by atoms with Crippen LogP contribution in [0.2, 0.25) is 0 Å². The molecule has 16 heavy (non-hydrogen) atoms. The number of anilines is 1. The van der Waals surface area contributed by atoms with E-state index >= 15 is 0 Å². The number of aryl methyl sites for hydroxylation is 2. The zero-order chi connectivity index (χ0) is 11.5. The minimum Gasteiger partial charge on any atom is -0.397 e. The summed E-state index contributed by atoms with van der Waals surface area (Å²) in [5.74, 6) is 0. The number of pyridine rings is 1.